The van der Waals surface area contributed by atoms with Gasteiger partial charge in [-0.05, 0) is 72.6 Å². The third-order valence-electron chi connectivity index (χ3n) is 8.63. The maximum atomic E-state index is 7.23. The second kappa shape index (κ2) is 12.9. The third-order valence-corrected chi connectivity index (χ3v) is 8.63. The van der Waals surface area contributed by atoms with Gasteiger partial charge in [0.15, 0.2) is 0 Å². The summed E-state index contributed by atoms with van der Waals surface area (Å²) in [4.78, 5) is 6.51. The highest BCUT2D eigenvalue weighted by Crippen LogP contribution is 2.50. The Hall–Kier alpha value is -0.160. The van der Waals surface area contributed by atoms with Crippen molar-refractivity contribution in [3.8, 4) is 0 Å². The fraction of sp³-hybridized carbons (Fsp3) is 1.00. The Labute approximate surface area is 212 Å². The lowest BCUT2D eigenvalue weighted by atomic mass is 9.72. The number of piperidine rings is 1. The first-order chi connectivity index (χ1) is 16.2. The van der Waals surface area contributed by atoms with E-state index in [1.54, 1.807) is 0 Å². The van der Waals surface area contributed by atoms with E-state index >= 15 is 0 Å². The van der Waals surface area contributed by atoms with Crippen LogP contribution in [0.15, 0.2) is 0 Å². The van der Waals surface area contributed by atoms with Crippen LogP contribution in [0.3, 0.4) is 0 Å². The Kier molecular flexibility index (Phi) is 10.8. The van der Waals surface area contributed by atoms with Gasteiger partial charge in [0.05, 0.1) is 12.2 Å². The number of ether oxygens (including phenoxy) is 1. The van der Waals surface area contributed by atoms with Crippen LogP contribution in [0.2, 0.25) is 0 Å². The first kappa shape index (κ1) is 28.4. The lowest BCUT2D eigenvalue weighted by Gasteiger charge is -2.57. The van der Waals surface area contributed by atoms with Crippen molar-refractivity contribution in [1.29, 1.82) is 0 Å². The molecule has 0 bridgehead atoms. The van der Waals surface area contributed by atoms with E-state index in [1.807, 2.05) is 0 Å². The summed E-state index contributed by atoms with van der Waals surface area (Å²) in [6.45, 7) is 13.6. The Morgan fingerprint density at radius 2 is 1.21 bits per heavy atom. The molecule has 3 aliphatic rings. The van der Waals surface area contributed by atoms with Gasteiger partial charge in [-0.1, -0.05) is 84.0 Å². The predicted molar refractivity (Wildman–Crippen MR) is 144 cm³/mol. The highest BCUT2D eigenvalue weighted by molar-refractivity contribution is 5.10. The van der Waals surface area contributed by atoms with Gasteiger partial charge >= 0.3 is 0 Å². The summed E-state index contributed by atoms with van der Waals surface area (Å²) in [5.41, 5.74) is -0.262. The molecule has 1 saturated carbocycles. The summed E-state index contributed by atoms with van der Waals surface area (Å²) in [6, 6.07) is 0. The number of hydrogen-bond acceptors (Lipinski definition) is 4. The number of nitrogens with zero attached hydrogens (tertiary/aromatic N) is 1. The molecule has 3 rings (SSSR count). The van der Waals surface area contributed by atoms with Crippen LogP contribution in [0.1, 0.15) is 157 Å². The van der Waals surface area contributed by atoms with Crippen LogP contribution < -0.4 is 5.32 Å². The molecule has 0 aromatic heterocycles. The number of hydrogen-bond donors (Lipinski definition) is 1. The molecule has 0 aromatic rings. The molecule has 2 spiro atoms. The summed E-state index contributed by atoms with van der Waals surface area (Å²) in [6.07, 6.45) is 24.6. The largest absolute Gasteiger partial charge is 0.353 e. The molecule has 1 N–H and O–H groups in total. The molecular formula is C30H58N2O2. The minimum absolute atomic E-state index is 0.0391. The molecule has 0 amide bonds. The van der Waals surface area contributed by atoms with Gasteiger partial charge in [0, 0.05) is 17.6 Å². The predicted octanol–water partition coefficient (Wildman–Crippen LogP) is 8.29. The van der Waals surface area contributed by atoms with Crippen molar-refractivity contribution in [1.82, 2.24) is 10.4 Å². The number of hydroxylamine groups is 2. The Balaban J connectivity index is 1.59. The second-order valence-electron chi connectivity index (χ2n) is 13.2. The summed E-state index contributed by atoms with van der Waals surface area (Å²) in [5.74, 6) is 0. The molecule has 0 aromatic carbocycles. The lowest BCUT2D eigenvalue weighted by Crippen LogP contribution is -2.66. The van der Waals surface area contributed by atoms with E-state index in [2.05, 4.69) is 45.0 Å². The Bertz CT molecular complexity index is 558. The van der Waals surface area contributed by atoms with Crippen LogP contribution >= 0.6 is 0 Å². The van der Waals surface area contributed by atoms with Crippen LogP contribution in [0.4, 0.5) is 0 Å². The lowest BCUT2D eigenvalue weighted by molar-refractivity contribution is -0.311. The maximum Gasteiger partial charge on any atom is 0.120 e. The average Bonchev–Trinajstić information content (AvgIpc) is 3.08. The molecule has 0 radical (unpaired) electrons. The van der Waals surface area contributed by atoms with E-state index in [-0.39, 0.29) is 22.4 Å². The van der Waals surface area contributed by atoms with Gasteiger partial charge in [0.2, 0.25) is 0 Å². The van der Waals surface area contributed by atoms with Crippen molar-refractivity contribution in [3.63, 3.8) is 0 Å². The van der Waals surface area contributed by atoms with E-state index in [1.165, 1.54) is 109 Å². The highest BCUT2D eigenvalue weighted by Gasteiger charge is 2.59. The fourth-order valence-electron chi connectivity index (χ4n) is 7.46. The van der Waals surface area contributed by atoms with E-state index in [9.17, 15) is 0 Å². The SMILES string of the molecule is CCCCCCCCON1C(C)(C)CC2(CNC3(CCCCCCCCCCC3)O2)CC1(C)C. The van der Waals surface area contributed by atoms with E-state index in [0.29, 0.717) is 0 Å². The molecule has 2 saturated heterocycles. The van der Waals surface area contributed by atoms with Crippen molar-refractivity contribution >= 4 is 0 Å². The number of unbranched alkanes of at least 4 members (excludes halogenated alkanes) is 5. The van der Waals surface area contributed by atoms with Gasteiger partial charge in [-0.2, -0.15) is 5.06 Å². The van der Waals surface area contributed by atoms with Crippen molar-refractivity contribution in [3.05, 3.63) is 0 Å². The standard InChI is InChI=1S/C30H58N2O2/c1-6-7-8-9-17-20-23-33-32-27(2,3)24-29(25-28(32,4)5)26-31-30(34-29)21-18-15-13-11-10-12-14-16-19-22-30/h31H,6-26H2,1-5H3. The highest BCUT2D eigenvalue weighted by atomic mass is 16.7. The molecule has 200 valence electrons. The van der Waals surface area contributed by atoms with Gasteiger partial charge in [-0.3, -0.25) is 10.2 Å². The monoisotopic (exact) mass is 478 g/mol. The maximum absolute atomic E-state index is 7.23. The minimum Gasteiger partial charge on any atom is -0.353 e. The molecule has 34 heavy (non-hydrogen) atoms. The van der Waals surface area contributed by atoms with Crippen LogP contribution in [-0.4, -0.2) is 40.6 Å². The molecule has 2 heterocycles. The summed E-state index contributed by atoms with van der Waals surface area (Å²) in [5, 5.41) is 6.31. The van der Waals surface area contributed by atoms with Crippen molar-refractivity contribution < 1.29 is 9.57 Å². The molecule has 3 fully saturated rings. The first-order valence-corrected chi connectivity index (χ1v) is 15.1. The molecule has 0 atom stereocenters. The quantitative estimate of drug-likeness (QED) is 0.356. The first-order valence-electron chi connectivity index (χ1n) is 15.1. The van der Waals surface area contributed by atoms with E-state index in [0.717, 1.165) is 26.0 Å². The molecule has 4 nitrogen and oxygen atoms in total. The zero-order valence-electron chi connectivity index (χ0n) is 23.6. The van der Waals surface area contributed by atoms with Crippen LogP contribution in [0, 0.1) is 0 Å². The second-order valence-corrected chi connectivity index (χ2v) is 13.2. The topological polar surface area (TPSA) is 33.7 Å². The van der Waals surface area contributed by atoms with Crippen LogP contribution in [-0.2, 0) is 9.57 Å². The average molecular weight is 479 g/mol. The van der Waals surface area contributed by atoms with Crippen molar-refractivity contribution in [2.45, 2.75) is 179 Å². The molecule has 1 aliphatic carbocycles. The van der Waals surface area contributed by atoms with E-state index in [4.69, 9.17) is 9.57 Å². The smallest absolute Gasteiger partial charge is 0.120 e. The number of rotatable bonds is 8. The Morgan fingerprint density at radius 1 is 0.706 bits per heavy atom. The zero-order chi connectivity index (χ0) is 24.5. The zero-order valence-corrected chi connectivity index (χ0v) is 23.6. The van der Waals surface area contributed by atoms with Crippen molar-refractivity contribution in [2.75, 3.05) is 13.2 Å². The third kappa shape index (κ3) is 7.92. The summed E-state index contributed by atoms with van der Waals surface area (Å²) < 4.78 is 7.23. The van der Waals surface area contributed by atoms with E-state index < -0.39 is 0 Å². The molecule has 2 aliphatic heterocycles. The van der Waals surface area contributed by atoms with Gasteiger partial charge < -0.3 is 4.74 Å². The van der Waals surface area contributed by atoms with Crippen molar-refractivity contribution in [2.24, 2.45) is 0 Å². The minimum atomic E-state index is -0.104. The normalized spacial score (nSPS) is 27.4. The van der Waals surface area contributed by atoms with Gasteiger partial charge in [0.1, 0.15) is 5.72 Å². The van der Waals surface area contributed by atoms with Crippen LogP contribution in [0.5, 0.6) is 0 Å². The number of nitrogens with one attached hydrogen (secondary N) is 1. The van der Waals surface area contributed by atoms with Crippen LogP contribution in [0.25, 0.3) is 0 Å². The molecule has 4 heteroatoms. The summed E-state index contributed by atoms with van der Waals surface area (Å²) >= 11 is 0. The van der Waals surface area contributed by atoms with Gasteiger partial charge in [0.25, 0.3) is 0 Å². The van der Waals surface area contributed by atoms with Gasteiger partial charge in [-0.15, -0.1) is 0 Å². The molecule has 0 unspecified atom stereocenters. The summed E-state index contributed by atoms with van der Waals surface area (Å²) in [7, 11) is 0. The fourth-order valence-corrected chi connectivity index (χ4v) is 7.46. The molecular weight excluding hydrogens is 420 g/mol. The van der Waals surface area contributed by atoms with Gasteiger partial charge in [-0.25, -0.2) is 0 Å². The Morgan fingerprint density at radius 3 is 1.76 bits per heavy atom.